The summed E-state index contributed by atoms with van der Waals surface area (Å²) in [6, 6.07) is 14.7. The van der Waals surface area contributed by atoms with Crippen LogP contribution in [-0.2, 0) is 20.8 Å². The minimum Gasteiger partial charge on any atom is -0.484 e. The molecular weight excluding hydrogens is 538 g/mol. The molecule has 1 aromatic heterocycles. The number of benzene rings is 2. The van der Waals surface area contributed by atoms with Crippen molar-refractivity contribution in [2.75, 3.05) is 32.8 Å². The quantitative estimate of drug-likeness (QED) is 0.333. The molecule has 42 heavy (non-hydrogen) atoms. The van der Waals surface area contributed by atoms with E-state index in [1.165, 1.54) is 0 Å². The molecule has 3 aromatic rings. The van der Waals surface area contributed by atoms with Crippen LogP contribution in [0.15, 0.2) is 57.7 Å². The molecule has 0 bridgehead atoms. The number of likely N-dealkylation sites (tertiary alicyclic amines) is 1. The Morgan fingerprint density at radius 2 is 1.83 bits per heavy atom. The number of nitrogens with one attached hydrogen (secondary N) is 2. The summed E-state index contributed by atoms with van der Waals surface area (Å²) in [4.78, 5) is 51.5. The van der Waals surface area contributed by atoms with E-state index in [0.29, 0.717) is 42.8 Å². The van der Waals surface area contributed by atoms with Gasteiger partial charge in [-0.15, -0.1) is 0 Å². The monoisotopic (exact) mass is 575 g/mol. The Hall–Kier alpha value is -4.18. The maximum atomic E-state index is 12.7. The summed E-state index contributed by atoms with van der Waals surface area (Å²) in [6.45, 7) is 2.06. The number of carbonyl (C=O) groups excluding carboxylic acids is 3. The molecule has 2 aliphatic rings. The van der Waals surface area contributed by atoms with Gasteiger partial charge in [0.25, 0.3) is 5.91 Å². The third kappa shape index (κ3) is 6.82. The molecule has 2 unspecified atom stereocenters. The minimum atomic E-state index is -0.670. The fourth-order valence-corrected chi connectivity index (χ4v) is 5.99. The van der Waals surface area contributed by atoms with E-state index >= 15 is 0 Å². The number of ether oxygens (including phenoxy) is 1. The number of carbonyl (C=O) groups is 3. The molecule has 3 amide bonds. The Morgan fingerprint density at radius 3 is 2.64 bits per heavy atom. The van der Waals surface area contributed by atoms with Gasteiger partial charge in [-0.25, -0.2) is 4.79 Å². The molecule has 222 valence electrons. The van der Waals surface area contributed by atoms with Gasteiger partial charge in [0, 0.05) is 42.4 Å². The van der Waals surface area contributed by atoms with Crippen molar-refractivity contribution in [2.45, 2.75) is 51.0 Å². The SMILES string of the molecule is Cc1c(Cc2ccccc2)c(=O)oc2cc(OCC(=O)NCC(=O)NCC(=O)N3CCC4(O)CCCCC4C3)ccc12. The molecule has 1 saturated carbocycles. The number of piperidine rings is 1. The molecule has 1 saturated heterocycles. The maximum Gasteiger partial charge on any atom is 0.340 e. The summed E-state index contributed by atoms with van der Waals surface area (Å²) in [5.74, 6) is -0.774. The second kappa shape index (κ2) is 12.8. The summed E-state index contributed by atoms with van der Waals surface area (Å²) >= 11 is 0. The molecule has 3 N–H and O–H groups in total. The second-order valence-corrected chi connectivity index (χ2v) is 11.3. The molecule has 10 heteroatoms. The number of hydrogen-bond donors (Lipinski definition) is 3. The van der Waals surface area contributed by atoms with E-state index in [1.54, 1.807) is 23.1 Å². The van der Waals surface area contributed by atoms with Crippen molar-refractivity contribution in [3.8, 4) is 5.75 Å². The molecule has 2 aromatic carbocycles. The minimum absolute atomic E-state index is 0.0821. The number of amides is 3. The molecule has 2 heterocycles. The van der Waals surface area contributed by atoms with E-state index in [9.17, 15) is 24.3 Å². The predicted octanol–water partition coefficient (Wildman–Crippen LogP) is 2.46. The Bertz CT molecular complexity index is 1520. The molecule has 1 aliphatic carbocycles. The van der Waals surface area contributed by atoms with Crippen LogP contribution in [0.3, 0.4) is 0 Å². The maximum absolute atomic E-state index is 12.7. The fraction of sp³-hybridized carbons (Fsp3) is 0.438. The molecule has 1 aliphatic heterocycles. The van der Waals surface area contributed by atoms with E-state index < -0.39 is 23.0 Å². The highest BCUT2D eigenvalue weighted by molar-refractivity contribution is 5.88. The molecule has 2 fully saturated rings. The van der Waals surface area contributed by atoms with Crippen molar-refractivity contribution in [1.29, 1.82) is 0 Å². The van der Waals surface area contributed by atoms with Gasteiger partial charge >= 0.3 is 5.63 Å². The first-order valence-corrected chi connectivity index (χ1v) is 14.5. The number of hydrogen-bond acceptors (Lipinski definition) is 7. The van der Waals surface area contributed by atoms with Gasteiger partial charge in [0.1, 0.15) is 11.3 Å². The first kappa shape index (κ1) is 29.3. The lowest BCUT2D eigenvalue weighted by molar-refractivity contribution is -0.143. The van der Waals surface area contributed by atoms with Crippen LogP contribution in [0.1, 0.15) is 48.8 Å². The number of fused-ring (bicyclic) bond motifs is 2. The van der Waals surface area contributed by atoms with Crippen LogP contribution in [-0.4, -0.2) is 66.1 Å². The Balaban J connectivity index is 1.06. The van der Waals surface area contributed by atoms with E-state index in [0.717, 1.165) is 42.2 Å². The van der Waals surface area contributed by atoms with Crippen molar-refractivity contribution >= 4 is 28.7 Å². The van der Waals surface area contributed by atoms with Gasteiger partial charge in [0.05, 0.1) is 18.7 Å². The number of aryl methyl sites for hydroxylation is 1. The largest absolute Gasteiger partial charge is 0.484 e. The van der Waals surface area contributed by atoms with Crippen molar-refractivity contribution in [3.05, 3.63) is 75.6 Å². The standard InChI is InChI=1S/C32H37N3O7/c1-21-25-11-10-24(16-27(25)42-31(39)26(21)15-22-7-3-2-4-8-22)41-20-29(37)33-17-28(36)34-18-30(38)35-14-13-32(40)12-6-5-9-23(32)19-35/h2-4,7-8,10-11,16,23,40H,5-6,9,12-15,17-20H2,1H3,(H,33,37)(H,34,36). The number of rotatable bonds is 9. The smallest absolute Gasteiger partial charge is 0.340 e. The average Bonchev–Trinajstić information content (AvgIpc) is 2.99. The second-order valence-electron chi connectivity index (χ2n) is 11.3. The molecule has 0 radical (unpaired) electrons. The summed E-state index contributed by atoms with van der Waals surface area (Å²) in [7, 11) is 0. The van der Waals surface area contributed by atoms with Crippen molar-refractivity contribution in [1.82, 2.24) is 15.5 Å². The summed E-state index contributed by atoms with van der Waals surface area (Å²) < 4.78 is 11.1. The normalized spacial score (nSPS) is 20.0. The predicted molar refractivity (Wildman–Crippen MR) is 156 cm³/mol. The number of aliphatic hydroxyl groups is 1. The van der Waals surface area contributed by atoms with Crippen molar-refractivity contribution in [3.63, 3.8) is 0 Å². The summed E-state index contributed by atoms with van der Waals surface area (Å²) in [5, 5.41) is 16.6. The third-order valence-electron chi connectivity index (χ3n) is 8.52. The molecule has 2 atom stereocenters. The van der Waals surface area contributed by atoms with Crippen LogP contribution in [0, 0.1) is 12.8 Å². The zero-order valence-corrected chi connectivity index (χ0v) is 23.8. The van der Waals surface area contributed by atoms with Crippen LogP contribution in [0.2, 0.25) is 0 Å². The van der Waals surface area contributed by atoms with Crippen LogP contribution in [0.25, 0.3) is 11.0 Å². The highest BCUT2D eigenvalue weighted by Crippen LogP contribution is 2.39. The topological polar surface area (TPSA) is 138 Å². The highest BCUT2D eigenvalue weighted by Gasteiger charge is 2.43. The third-order valence-corrected chi connectivity index (χ3v) is 8.52. The van der Waals surface area contributed by atoms with Gasteiger partial charge in [-0.3, -0.25) is 14.4 Å². The first-order chi connectivity index (χ1) is 20.2. The van der Waals surface area contributed by atoms with Crippen LogP contribution >= 0.6 is 0 Å². The Morgan fingerprint density at radius 1 is 1.05 bits per heavy atom. The Labute approximate surface area is 244 Å². The van der Waals surface area contributed by atoms with Gasteiger partial charge in [-0.2, -0.15) is 0 Å². The fourth-order valence-electron chi connectivity index (χ4n) is 5.99. The lowest BCUT2D eigenvalue weighted by Gasteiger charge is -2.47. The van der Waals surface area contributed by atoms with Gasteiger partial charge < -0.3 is 29.8 Å². The van der Waals surface area contributed by atoms with E-state index in [-0.39, 0.29) is 31.5 Å². The van der Waals surface area contributed by atoms with E-state index in [1.807, 2.05) is 37.3 Å². The molecular formula is C32H37N3O7. The van der Waals surface area contributed by atoms with Crippen LogP contribution in [0.4, 0.5) is 0 Å². The lowest BCUT2D eigenvalue weighted by Crippen LogP contribution is -2.56. The van der Waals surface area contributed by atoms with Gasteiger partial charge in [-0.05, 0) is 49.4 Å². The Kier molecular flexibility index (Phi) is 8.91. The van der Waals surface area contributed by atoms with Crippen LogP contribution < -0.4 is 21.0 Å². The zero-order chi connectivity index (χ0) is 29.7. The first-order valence-electron chi connectivity index (χ1n) is 14.5. The van der Waals surface area contributed by atoms with Gasteiger partial charge in [0.2, 0.25) is 11.8 Å². The average molecular weight is 576 g/mol. The molecule has 0 spiro atoms. The van der Waals surface area contributed by atoms with E-state index in [4.69, 9.17) is 9.15 Å². The van der Waals surface area contributed by atoms with Gasteiger partial charge in [-0.1, -0.05) is 43.2 Å². The number of nitrogens with zero attached hydrogens (tertiary/aromatic N) is 1. The van der Waals surface area contributed by atoms with Crippen LogP contribution in [0.5, 0.6) is 5.75 Å². The van der Waals surface area contributed by atoms with Crippen molar-refractivity contribution in [2.24, 2.45) is 5.92 Å². The van der Waals surface area contributed by atoms with E-state index in [2.05, 4.69) is 10.6 Å². The molecule has 10 nitrogen and oxygen atoms in total. The lowest BCUT2D eigenvalue weighted by atomic mass is 9.71. The summed E-state index contributed by atoms with van der Waals surface area (Å²) in [5.41, 5.74) is 1.70. The molecule has 5 rings (SSSR count). The highest BCUT2D eigenvalue weighted by atomic mass is 16.5. The van der Waals surface area contributed by atoms with Gasteiger partial charge in [0.15, 0.2) is 6.61 Å². The summed E-state index contributed by atoms with van der Waals surface area (Å²) in [6.07, 6.45) is 4.79. The van der Waals surface area contributed by atoms with Crippen molar-refractivity contribution < 1.29 is 28.6 Å². The zero-order valence-electron chi connectivity index (χ0n) is 23.8.